The number of carbonyl (C=O) groups excluding carboxylic acids is 3. The Morgan fingerprint density at radius 1 is 1.02 bits per heavy atom. The van der Waals surface area contributed by atoms with Crippen molar-refractivity contribution in [3.8, 4) is 0 Å². The maximum Gasteiger partial charge on any atom is 0.405 e. The summed E-state index contributed by atoms with van der Waals surface area (Å²) in [5, 5.41) is 50.7. The zero-order valence-electron chi connectivity index (χ0n) is 26.9. The monoisotopic (exact) mass is 679 g/mol. The number of hydrogen-bond donors (Lipinski definition) is 6. The van der Waals surface area contributed by atoms with Crippen molar-refractivity contribution in [1.29, 1.82) is 0 Å². The molecule has 9 atom stereocenters. The minimum absolute atomic E-state index is 0.0241. The Kier molecular flexibility index (Phi) is 18.5. The van der Waals surface area contributed by atoms with Crippen LogP contribution in [-0.2, 0) is 23.9 Å². The quantitative estimate of drug-likeness (QED) is 0.0534. The standard InChI is InChI=1S/C34H46ClNO11/c1-5-6-14-28(47-34(36)45)22(4)26(38)19-27(39)32(42)31(41)21(3)24(35)13-9-7-11-20(2)12-8-10-15-30(40)46-29-18-23(33(43)44)16-17-25(29)37/h6-17,21-23,25-26,28-29,31-32,37-38,41-42H,5,18-19H2,1-4H3,(H2,36,45)(H,43,44)/b9-7+,12-8+,14-6+,15-10+,20-11+,24-13-/t21-,22+,23?,25?,26-,28-,29?,31-,32-/m1/s1. The van der Waals surface area contributed by atoms with Gasteiger partial charge in [-0.3, -0.25) is 9.59 Å². The fourth-order valence-corrected chi connectivity index (χ4v) is 4.52. The lowest BCUT2D eigenvalue weighted by atomic mass is 9.89. The van der Waals surface area contributed by atoms with E-state index in [9.17, 15) is 39.6 Å². The van der Waals surface area contributed by atoms with Crippen LogP contribution in [0.15, 0.2) is 83.5 Å². The normalized spacial score (nSPS) is 23.1. The van der Waals surface area contributed by atoms with E-state index in [4.69, 9.17) is 31.9 Å². The van der Waals surface area contributed by atoms with Crippen molar-refractivity contribution >= 4 is 35.4 Å². The fraction of sp³-hybridized carbons (Fsp3) is 0.471. The molecule has 47 heavy (non-hydrogen) atoms. The largest absolute Gasteiger partial charge is 0.481 e. The van der Waals surface area contributed by atoms with Crippen molar-refractivity contribution in [2.24, 2.45) is 23.5 Å². The Bertz CT molecular complexity index is 1280. The number of hydrogen-bond acceptors (Lipinski definition) is 10. The Balaban J connectivity index is 2.66. The van der Waals surface area contributed by atoms with Gasteiger partial charge in [0.15, 0.2) is 5.78 Å². The predicted octanol–water partition coefficient (Wildman–Crippen LogP) is 3.40. The number of carboxylic acid groups (broad SMARTS) is 1. The minimum Gasteiger partial charge on any atom is -0.481 e. The second-order valence-corrected chi connectivity index (χ2v) is 11.6. The van der Waals surface area contributed by atoms with Crippen LogP contribution in [0.2, 0.25) is 0 Å². The molecule has 0 aromatic carbocycles. The number of rotatable bonds is 18. The van der Waals surface area contributed by atoms with E-state index in [1.54, 1.807) is 56.4 Å². The Morgan fingerprint density at radius 2 is 1.66 bits per heavy atom. The molecule has 0 spiro atoms. The predicted molar refractivity (Wildman–Crippen MR) is 176 cm³/mol. The minimum atomic E-state index is -1.83. The maximum atomic E-state index is 12.6. The number of allylic oxidation sites excluding steroid dienone is 9. The molecule has 1 aliphatic rings. The van der Waals surface area contributed by atoms with Gasteiger partial charge in [0.25, 0.3) is 0 Å². The third kappa shape index (κ3) is 15.1. The zero-order valence-corrected chi connectivity index (χ0v) is 27.6. The van der Waals surface area contributed by atoms with Gasteiger partial charge < -0.3 is 40.7 Å². The topological polar surface area (TPSA) is 214 Å². The number of primary amides is 1. The van der Waals surface area contributed by atoms with Crippen molar-refractivity contribution in [1.82, 2.24) is 0 Å². The summed E-state index contributed by atoms with van der Waals surface area (Å²) >= 11 is 6.29. The van der Waals surface area contributed by atoms with E-state index in [1.807, 2.05) is 6.92 Å². The van der Waals surface area contributed by atoms with Gasteiger partial charge in [-0.05, 0) is 25.5 Å². The van der Waals surface area contributed by atoms with Crippen molar-refractivity contribution in [3.63, 3.8) is 0 Å². The van der Waals surface area contributed by atoms with Crippen molar-refractivity contribution < 1.29 is 54.2 Å². The summed E-state index contributed by atoms with van der Waals surface area (Å²) in [6.07, 6.45) is 9.75. The van der Waals surface area contributed by atoms with Gasteiger partial charge in [-0.25, -0.2) is 9.59 Å². The van der Waals surface area contributed by atoms with E-state index < -0.39 is 84.6 Å². The molecule has 0 bridgehead atoms. The van der Waals surface area contributed by atoms with Crippen molar-refractivity contribution in [2.75, 3.05) is 0 Å². The summed E-state index contributed by atoms with van der Waals surface area (Å²) < 4.78 is 10.2. The molecular weight excluding hydrogens is 634 g/mol. The summed E-state index contributed by atoms with van der Waals surface area (Å²) in [6.45, 7) is 6.74. The molecule has 0 aromatic rings. The average Bonchev–Trinajstić information content (AvgIpc) is 3.02. The highest BCUT2D eigenvalue weighted by Crippen LogP contribution is 2.24. The number of aliphatic hydroxyl groups excluding tert-OH is 4. The van der Waals surface area contributed by atoms with Gasteiger partial charge in [-0.1, -0.05) is 92.6 Å². The molecule has 260 valence electrons. The molecule has 0 saturated carbocycles. The number of nitrogens with two attached hydrogens (primary N) is 1. The first kappa shape index (κ1) is 41.2. The first-order valence-corrected chi connectivity index (χ1v) is 15.5. The Hall–Kier alpha value is -3.81. The summed E-state index contributed by atoms with van der Waals surface area (Å²) in [4.78, 5) is 47.0. The first-order chi connectivity index (χ1) is 22.1. The van der Waals surface area contributed by atoms with E-state index in [2.05, 4.69) is 0 Å². The third-order valence-electron chi connectivity index (χ3n) is 7.37. The van der Waals surface area contributed by atoms with Crippen LogP contribution in [0.5, 0.6) is 0 Å². The van der Waals surface area contributed by atoms with Gasteiger partial charge in [0.2, 0.25) is 0 Å². The molecule has 0 aromatic heterocycles. The lowest BCUT2D eigenvalue weighted by Crippen LogP contribution is -2.42. The third-order valence-corrected chi connectivity index (χ3v) is 7.84. The Labute approximate surface area is 279 Å². The van der Waals surface area contributed by atoms with Crippen LogP contribution in [0.4, 0.5) is 4.79 Å². The van der Waals surface area contributed by atoms with Crippen LogP contribution in [0.25, 0.3) is 0 Å². The average molecular weight is 680 g/mol. The van der Waals surface area contributed by atoms with Crippen molar-refractivity contribution in [2.45, 2.75) is 83.6 Å². The van der Waals surface area contributed by atoms with Crippen LogP contribution in [0.3, 0.4) is 0 Å². The van der Waals surface area contributed by atoms with Gasteiger partial charge in [0.1, 0.15) is 24.4 Å². The lowest BCUT2D eigenvalue weighted by Gasteiger charge is -2.27. The number of amides is 1. The van der Waals surface area contributed by atoms with Crippen LogP contribution in [-0.4, -0.2) is 86.0 Å². The summed E-state index contributed by atoms with van der Waals surface area (Å²) in [5.41, 5.74) is 5.89. The fourth-order valence-electron chi connectivity index (χ4n) is 4.32. The smallest absolute Gasteiger partial charge is 0.405 e. The first-order valence-electron chi connectivity index (χ1n) is 15.1. The molecule has 13 heteroatoms. The van der Waals surface area contributed by atoms with Crippen LogP contribution >= 0.6 is 11.6 Å². The van der Waals surface area contributed by atoms with E-state index in [0.717, 1.165) is 11.6 Å². The molecule has 12 nitrogen and oxygen atoms in total. The number of ether oxygens (including phenoxy) is 2. The highest BCUT2D eigenvalue weighted by Gasteiger charge is 2.34. The number of carbonyl (C=O) groups is 4. The lowest BCUT2D eigenvalue weighted by molar-refractivity contribution is -0.152. The van der Waals surface area contributed by atoms with E-state index in [-0.39, 0.29) is 11.5 Å². The maximum absolute atomic E-state index is 12.6. The van der Waals surface area contributed by atoms with E-state index in [1.165, 1.54) is 31.2 Å². The SMILES string of the molecule is CC/C=C/[C@@H](OC(N)=O)[C@@H](C)[C@H](O)CC(=O)[C@@H](O)[C@H](O)[C@H](C)/C(Cl)=C/C=C/C=C(C)/C=C/C=C/C(=O)OC1CC(C(=O)O)C=CC1O. The number of halogens is 1. The van der Waals surface area contributed by atoms with Gasteiger partial charge in [0.05, 0.1) is 18.1 Å². The van der Waals surface area contributed by atoms with Crippen LogP contribution < -0.4 is 5.73 Å². The number of aliphatic carboxylic acids is 1. The molecule has 1 amide bonds. The van der Waals surface area contributed by atoms with Gasteiger partial charge >= 0.3 is 18.0 Å². The van der Waals surface area contributed by atoms with Gasteiger partial charge in [-0.2, -0.15) is 0 Å². The number of ketones is 1. The van der Waals surface area contributed by atoms with Gasteiger partial charge in [0, 0.05) is 35.8 Å². The van der Waals surface area contributed by atoms with Crippen molar-refractivity contribution in [3.05, 3.63) is 83.5 Å². The molecule has 7 N–H and O–H groups in total. The molecule has 1 rings (SSSR count). The molecule has 0 saturated heterocycles. The van der Waals surface area contributed by atoms with E-state index in [0.29, 0.717) is 6.42 Å². The molecule has 0 aliphatic heterocycles. The van der Waals surface area contributed by atoms with Gasteiger partial charge in [-0.15, -0.1) is 0 Å². The van der Waals surface area contributed by atoms with Crippen LogP contribution in [0, 0.1) is 17.8 Å². The molecule has 3 unspecified atom stereocenters. The molecule has 0 radical (unpaired) electrons. The highest BCUT2D eigenvalue weighted by atomic mass is 35.5. The molecular formula is C34H46ClNO11. The number of esters is 1. The molecule has 1 aliphatic carbocycles. The number of carboxylic acids is 1. The summed E-state index contributed by atoms with van der Waals surface area (Å²) in [7, 11) is 0. The Morgan fingerprint density at radius 3 is 2.28 bits per heavy atom. The number of aliphatic hydroxyl groups is 4. The second kappa shape index (κ2) is 21.1. The van der Waals surface area contributed by atoms with Crippen LogP contribution in [0.1, 0.15) is 47.0 Å². The zero-order chi connectivity index (χ0) is 35.7. The summed E-state index contributed by atoms with van der Waals surface area (Å²) in [6, 6.07) is 0. The molecule has 0 fully saturated rings. The molecule has 0 heterocycles. The second-order valence-electron chi connectivity index (χ2n) is 11.2. The van der Waals surface area contributed by atoms with E-state index >= 15 is 0 Å². The number of Topliss-reactive ketones (excluding diaryl/α,β-unsaturated/α-hetero) is 1. The summed E-state index contributed by atoms with van der Waals surface area (Å²) in [5.74, 6) is -5.00. The highest BCUT2D eigenvalue weighted by molar-refractivity contribution is 6.30.